The Kier molecular flexibility index (Phi) is 4.87. The van der Waals surface area contributed by atoms with E-state index in [1.165, 1.54) is 23.9 Å². The Balaban J connectivity index is 2.74. The van der Waals surface area contributed by atoms with E-state index < -0.39 is 4.92 Å². The van der Waals surface area contributed by atoms with Gasteiger partial charge in [0.15, 0.2) is 0 Å². The molecule has 1 rings (SSSR count). The van der Waals surface area contributed by atoms with Gasteiger partial charge in [-0.05, 0) is 11.6 Å². The van der Waals surface area contributed by atoms with Crippen molar-refractivity contribution in [3.8, 4) is 0 Å². The Bertz CT molecular complexity index is 359. The van der Waals surface area contributed by atoms with E-state index in [4.69, 9.17) is 16.7 Å². The van der Waals surface area contributed by atoms with E-state index in [0.717, 1.165) is 5.56 Å². The average molecular weight is 248 g/mol. The molecule has 0 bridgehead atoms. The number of hydrogen-bond acceptors (Lipinski definition) is 4. The summed E-state index contributed by atoms with van der Waals surface area (Å²) >= 11 is 7.18. The predicted octanol–water partition coefficient (Wildman–Crippen LogP) is 2.47. The van der Waals surface area contributed by atoms with Gasteiger partial charge in [-0.1, -0.05) is 17.7 Å². The summed E-state index contributed by atoms with van der Waals surface area (Å²) in [5, 5.41) is 19.3. The Labute approximate surface area is 96.4 Å². The molecule has 0 spiro atoms. The minimum absolute atomic E-state index is 0.0706. The van der Waals surface area contributed by atoms with Crippen LogP contribution >= 0.6 is 23.4 Å². The van der Waals surface area contributed by atoms with E-state index in [9.17, 15) is 10.1 Å². The molecule has 0 aromatic heterocycles. The molecular formula is C9H10ClNO3S. The van der Waals surface area contributed by atoms with Crippen LogP contribution in [0.25, 0.3) is 0 Å². The maximum atomic E-state index is 10.6. The number of nitro groups is 1. The number of nitrogens with zero attached hydrogens (tertiary/aromatic N) is 1. The van der Waals surface area contributed by atoms with Crippen LogP contribution in [0.4, 0.5) is 5.69 Å². The first-order valence-electron chi connectivity index (χ1n) is 4.26. The van der Waals surface area contributed by atoms with Crippen molar-refractivity contribution in [1.82, 2.24) is 0 Å². The first-order valence-corrected chi connectivity index (χ1v) is 5.80. The number of aliphatic hydroxyl groups is 1. The molecule has 0 aliphatic heterocycles. The van der Waals surface area contributed by atoms with Crippen molar-refractivity contribution in [2.75, 3.05) is 12.4 Å². The normalized spacial score (nSPS) is 10.3. The molecule has 0 atom stereocenters. The molecule has 0 fully saturated rings. The second-order valence-corrected chi connectivity index (χ2v) is 4.33. The highest BCUT2D eigenvalue weighted by Gasteiger charge is 2.12. The van der Waals surface area contributed by atoms with Crippen LogP contribution in [0.2, 0.25) is 5.02 Å². The fraction of sp³-hybridized carbons (Fsp3) is 0.333. The summed E-state index contributed by atoms with van der Waals surface area (Å²) in [7, 11) is 0. The predicted molar refractivity (Wildman–Crippen MR) is 61.4 cm³/mol. The Morgan fingerprint density at radius 1 is 1.53 bits per heavy atom. The van der Waals surface area contributed by atoms with Crippen LogP contribution in [0.1, 0.15) is 5.56 Å². The molecule has 0 aliphatic rings. The minimum atomic E-state index is -0.497. The van der Waals surface area contributed by atoms with Gasteiger partial charge < -0.3 is 5.11 Å². The third kappa shape index (κ3) is 3.70. The number of halogens is 1. The number of rotatable bonds is 5. The van der Waals surface area contributed by atoms with Crippen LogP contribution < -0.4 is 0 Å². The molecule has 0 heterocycles. The van der Waals surface area contributed by atoms with Crippen molar-refractivity contribution in [3.63, 3.8) is 0 Å². The highest BCUT2D eigenvalue weighted by Crippen LogP contribution is 2.26. The van der Waals surface area contributed by atoms with E-state index >= 15 is 0 Å². The molecular weight excluding hydrogens is 238 g/mol. The van der Waals surface area contributed by atoms with Crippen molar-refractivity contribution >= 4 is 29.1 Å². The molecule has 0 unspecified atom stereocenters. The van der Waals surface area contributed by atoms with E-state index in [1.807, 2.05) is 0 Å². The van der Waals surface area contributed by atoms with Gasteiger partial charge in [-0.25, -0.2) is 0 Å². The number of benzene rings is 1. The Morgan fingerprint density at radius 2 is 2.27 bits per heavy atom. The monoisotopic (exact) mass is 247 g/mol. The first-order chi connectivity index (χ1) is 7.15. The lowest BCUT2D eigenvalue weighted by Crippen LogP contribution is -1.92. The summed E-state index contributed by atoms with van der Waals surface area (Å²) < 4.78 is 0. The SMILES string of the molecule is O=[N+]([O-])c1cc(CSCCO)ccc1Cl. The number of hydrogen-bond donors (Lipinski definition) is 1. The molecule has 0 amide bonds. The Morgan fingerprint density at radius 3 is 2.87 bits per heavy atom. The molecule has 6 heteroatoms. The van der Waals surface area contributed by atoms with Gasteiger partial charge in [0.2, 0.25) is 0 Å². The van der Waals surface area contributed by atoms with Gasteiger partial charge in [0, 0.05) is 17.6 Å². The molecule has 82 valence electrons. The topological polar surface area (TPSA) is 63.4 Å². The largest absolute Gasteiger partial charge is 0.396 e. The van der Waals surface area contributed by atoms with Crippen LogP contribution in [0.3, 0.4) is 0 Å². The summed E-state index contributed by atoms with van der Waals surface area (Å²) in [6.07, 6.45) is 0. The maximum Gasteiger partial charge on any atom is 0.288 e. The smallest absolute Gasteiger partial charge is 0.288 e. The van der Waals surface area contributed by atoms with Gasteiger partial charge in [-0.2, -0.15) is 11.8 Å². The first kappa shape index (κ1) is 12.3. The summed E-state index contributed by atoms with van der Waals surface area (Å²) in [5.74, 6) is 1.26. The lowest BCUT2D eigenvalue weighted by atomic mass is 10.2. The minimum Gasteiger partial charge on any atom is -0.396 e. The molecule has 0 saturated heterocycles. The van der Waals surface area contributed by atoms with Gasteiger partial charge in [-0.3, -0.25) is 10.1 Å². The van der Waals surface area contributed by atoms with Gasteiger partial charge in [0.05, 0.1) is 11.5 Å². The van der Waals surface area contributed by atoms with Gasteiger partial charge in [-0.15, -0.1) is 0 Å². The van der Waals surface area contributed by atoms with E-state index in [2.05, 4.69) is 0 Å². The van der Waals surface area contributed by atoms with Crippen molar-refractivity contribution in [3.05, 3.63) is 38.9 Å². The van der Waals surface area contributed by atoms with Crippen LogP contribution in [0.15, 0.2) is 18.2 Å². The van der Waals surface area contributed by atoms with E-state index in [0.29, 0.717) is 11.5 Å². The second kappa shape index (κ2) is 5.95. The third-order valence-electron chi connectivity index (χ3n) is 1.71. The zero-order valence-electron chi connectivity index (χ0n) is 7.85. The molecule has 1 aromatic carbocycles. The third-order valence-corrected chi connectivity index (χ3v) is 3.04. The molecule has 1 N–H and O–H groups in total. The van der Waals surface area contributed by atoms with Crippen LogP contribution in [0.5, 0.6) is 0 Å². The summed E-state index contributed by atoms with van der Waals surface area (Å²) in [4.78, 5) is 10.1. The molecule has 0 saturated carbocycles. The fourth-order valence-corrected chi connectivity index (χ4v) is 1.92. The van der Waals surface area contributed by atoms with Crippen molar-refractivity contribution < 1.29 is 10.0 Å². The van der Waals surface area contributed by atoms with Crippen LogP contribution in [-0.4, -0.2) is 22.4 Å². The summed E-state index contributed by atoms with van der Waals surface area (Å²) in [6, 6.07) is 4.74. The molecule has 1 aromatic rings. The van der Waals surface area contributed by atoms with Gasteiger partial charge in [0.25, 0.3) is 5.69 Å². The van der Waals surface area contributed by atoms with Crippen LogP contribution in [-0.2, 0) is 5.75 Å². The van der Waals surface area contributed by atoms with Crippen LogP contribution in [0, 0.1) is 10.1 Å². The average Bonchev–Trinajstić information content (AvgIpc) is 2.20. The van der Waals surface area contributed by atoms with Crippen molar-refractivity contribution in [2.45, 2.75) is 5.75 Å². The maximum absolute atomic E-state index is 10.6. The number of nitro benzene ring substituents is 1. The van der Waals surface area contributed by atoms with Crippen molar-refractivity contribution in [1.29, 1.82) is 0 Å². The quantitative estimate of drug-likeness (QED) is 0.493. The summed E-state index contributed by atoms with van der Waals surface area (Å²) in [6.45, 7) is 0.111. The number of thioether (sulfide) groups is 1. The zero-order chi connectivity index (χ0) is 11.3. The van der Waals surface area contributed by atoms with Crippen molar-refractivity contribution in [2.24, 2.45) is 0 Å². The molecule has 15 heavy (non-hydrogen) atoms. The van der Waals surface area contributed by atoms with Gasteiger partial charge >= 0.3 is 0 Å². The molecule has 0 aliphatic carbocycles. The standard InChI is InChI=1S/C9H10ClNO3S/c10-8-2-1-7(6-15-4-3-12)5-9(8)11(13)14/h1-2,5,12H,3-4,6H2. The summed E-state index contributed by atoms with van der Waals surface area (Å²) in [5.41, 5.74) is 0.767. The Hall–Kier alpha value is -0.780. The highest BCUT2D eigenvalue weighted by molar-refractivity contribution is 7.98. The zero-order valence-corrected chi connectivity index (χ0v) is 9.42. The lowest BCUT2D eigenvalue weighted by Gasteiger charge is -2.01. The van der Waals surface area contributed by atoms with E-state index in [-0.39, 0.29) is 17.3 Å². The van der Waals surface area contributed by atoms with Gasteiger partial charge in [0.1, 0.15) is 5.02 Å². The fourth-order valence-electron chi connectivity index (χ4n) is 1.04. The number of aliphatic hydroxyl groups excluding tert-OH is 1. The van der Waals surface area contributed by atoms with E-state index in [1.54, 1.807) is 6.07 Å². The lowest BCUT2D eigenvalue weighted by molar-refractivity contribution is -0.384. The molecule has 4 nitrogen and oxygen atoms in total. The molecule has 0 radical (unpaired) electrons. The highest BCUT2D eigenvalue weighted by atomic mass is 35.5. The second-order valence-electron chi connectivity index (χ2n) is 2.82.